The molecule has 12 nitrogen and oxygen atoms in total. The van der Waals surface area contributed by atoms with Gasteiger partial charge < -0.3 is 35.0 Å². The minimum absolute atomic E-state index is 0. The van der Waals surface area contributed by atoms with E-state index < -0.39 is 18.2 Å². The molecule has 0 aliphatic carbocycles. The molecule has 4 atom stereocenters. The standard InChI is InChI=1S/C29H45N7O5.4H2S/c1-18(2)19(3)28(38)36-12-8-10-24(36)26-31-17-21(33-26)15-20-16-30-25(32-20)22-11-14-41-13-7-5-6-9-23(27(37)34-22)35-29(39)40-4;;;;/h16-19,22-24H,5-15H2,1-4H3,(H,30,32)(H,31,33)(H,34,37)(H,35,39);4*1H2/t19-,22-,23-,24-;;;;/m0..../s1. The average molecular weight is 708 g/mol. The third kappa shape index (κ3) is 11.9. The Kier molecular flexibility index (Phi) is 20.0. The number of carbonyl (C=O) groups excluding carboxylic acids is 3. The van der Waals surface area contributed by atoms with Gasteiger partial charge >= 0.3 is 6.09 Å². The highest BCUT2D eigenvalue weighted by atomic mass is 32.1. The van der Waals surface area contributed by atoms with Gasteiger partial charge in [-0.2, -0.15) is 54.0 Å². The smallest absolute Gasteiger partial charge is 0.407 e. The number of hydrogen-bond acceptors (Lipinski definition) is 7. The van der Waals surface area contributed by atoms with E-state index in [0.717, 1.165) is 55.9 Å². The van der Waals surface area contributed by atoms with Crippen LogP contribution in [0.5, 0.6) is 0 Å². The summed E-state index contributed by atoms with van der Waals surface area (Å²) in [5, 5.41) is 5.70. The lowest BCUT2D eigenvalue weighted by Gasteiger charge is -2.27. The number of likely N-dealkylation sites (tertiary alicyclic amines) is 1. The molecule has 45 heavy (non-hydrogen) atoms. The van der Waals surface area contributed by atoms with Crippen LogP contribution in [0.2, 0.25) is 0 Å². The maximum Gasteiger partial charge on any atom is 0.407 e. The zero-order valence-corrected chi connectivity index (χ0v) is 30.7. The lowest BCUT2D eigenvalue weighted by atomic mass is 9.96. The number of ether oxygens (including phenoxy) is 2. The van der Waals surface area contributed by atoms with E-state index in [0.29, 0.717) is 38.3 Å². The predicted molar refractivity (Wildman–Crippen MR) is 193 cm³/mol. The van der Waals surface area contributed by atoms with Crippen molar-refractivity contribution >= 4 is 71.9 Å². The molecule has 4 rings (SSSR count). The lowest BCUT2D eigenvalue weighted by Crippen LogP contribution is -2.48. The van der Waals surface area contributed by atoms with Gasteiger partial charge in [-0.1, -0.05) is 33.6 Å². The Balaban J connectivity index is 0.00000484. The number of amides is 3. The van der Waals surface area contributed by atoms with E-state index in [4.69, 9.17) is 9.47 Å². The number of methoxy groups -OCH3 is 1. The fourth-order valence-electron chi connectivity index (χ4n) is 5.40. The van der Waals surface area contributed by atoms with Crippen LogP contribution in [0.15, 0.2) is 12.4 Å². The van der Waals surface area contributed by atoms with E-state index in [9.17, 15) is 14.4 Å². The molecular formula is C29H53N7O5S4. The SMILES string of the molecule is COC(=O)N[C@H]1CCCCCOCC[C@@H](c2ncc(Cc3cnc([C@@H]4CCCN4C(=O)[C@@H](C)C(C)C)[nH]3)[nH]2)NC1=O.S.S.S.S. The summed E-state index contributed by atoms with van der Waals surface area (Å²) in [7, 11) is 1.28. The molecule has 2 aromatic rings. The number of rotatable bonds is 7. The van der Waals surface area contributed by atoms with Crippen LogP contribution in [0.3, 0.4) is 0 Å². The average Bonchev–Trinajstić information content (AvgIpc) is 3.72. The van der Waals surface area contributed by atoms with Gasteiger partial charge in [-0.25, -0.2) is 14.8 Å². The van der Waals surface area contributed by atoms with Gasteiger partial charge in [0, 0.05) is 55.9 Å². The molecule has 2 aromatic heterocycles. The number of carbonyl (C=O) groups is 3. The van der Waals surface area contributed by atoms with Crippen molar-refractivity contribution in [1.29, 1.82) is 0 Å². The predicted octanol–water partition coefficient (Wildman–Crippen LogP) is 3.99. The van der Waals surface area contributed by atoms with Gasteiger partial charge in [0.05, 0.1) is 19.2 Å². The van der Waals surface area contributed by atoms with Gasteiger partial charge in [-0.05, 0) is 38.0 Å². The molecular weight excluding hydrogens is 655 g/mol. The number of aromatic nitrogens is 4. The largest absolute Gasteiger partial charge is 0.453 e. The fraction of sp³-hybridized carbons (Fsp3) is 0.690. The molecule has 0 saturated carbocycles. The first-order valence-electron chi connectivity index (χ1n) is 14.9. The number of alkyl carbamates (subject to hydrolysis) is 1. The number of nitrogens with zero attached hydrogens (tertiary/aromatic N) is 3. The highest BCUT2D eigenvalue weighted by molar-refractivity contribution is 7.59. The Labute approximate surface area is 294 Å². The molecule has 0 spiro atoms. The maximum atomic E-state index is 13.1. The van der Waals surface area contributed by atoms with E-state index in [1.54, 1.807) is 6.20 Å². The van der Waals surface area contributed by atoms with Crippen LogP contribution >= 0.6 is 54.0 Å². The van der Waals surface area contributed by atoms with E-state index in [2.05, 4.69) is 44.4 Å². The first kappa shape index (κ1) is 43.0. The summed E-state index contributed by atoms with van der Waals surface area (Å²) in [6, 6.07) is -1.13. The summed E-state index contributed by atoms with van der Waals surface area (Å²) < 4.78 is 10.5. The third-order valence-corrected chi connectivity index (χ3v) is 8.19. The lowest BCUT2D eigenvalue weighted by molar-refractivity contribution is -0.137. The minimum Gasteiger partial charge on any atom is -0.453 e. The van der Waals surface area contributed by atoms with Crippen LogP contribution in [0, 0.1) is 11.8 Å². The molecule has 2 saturated heterocycles. The van der Waals surface area contributed by atoms with Crippen molar-refractivity contribution in [3.8, 4) is 0 Å². The molecule has 2 fully saturated rings. The van der Waals surface area contributed by atoms with Gasteiger partial charge in [0.15, 0.2) is 0 Å². The summed E-state index contributed by atoms with van der Waals surface area (Å²) in [5.74, 6) is 1.61. The van der Waals surface area contributed by atoms with E-state index in [-0.39, 0.29) is 83.7 Å². The first-order chi connectivity index (χ1) is 19.8. The van der Waals surface area contributed by atoms with Gasteiger partial charge in [0.1, 0.15) is 17.7 Å². The number of nitrogens with one attached hydrogen (secondary N) is 4. The Morgan fingerprint density at radius 2 is 1.62 bits per heavy atom. The fourth-order valence-corrected chi connectivity index (χ4v) is 5.40. The molecule has 0 aromatic carbocycles. The van der Waals surface area contributed by atoms with Crippen molar-refractivity contribution < 1.29 is 23.9 Å². The zero-order valence-electron chi connectivity index (χ0n) is 26.7. The summed E-state index contributed by atoms with van der Waals surface area (Å²) in [5.41, 5.74) is 1.79. The monoisotopic (exact) mass is 707 g/mol. The Hall–Kier alpha value is -2.01. The van der Waals surface area contributed by atoms with E-state index >= 15 is 0 Å². The normalized spacial score (nSPS) is 21.3. The van der Waals surface area contributed by atoms with Crippen LogP contribution in [0.25, 0.3) is 0 Å². The molecule has 0 bridgehead atoms. The van der Waals surface area contributed by atoms with E-state index in [1.165, 1.54) is 7.11 Å². The Bertz CT molecular complexity index is 1180. The van der Waals surface area contributed by atoms with Gasteiger partial charge in [-0.3, -0.25) is 9.59 Å². The van der Waals surface area contributed by atoms with E-state index in [1.807, 2.05) is 18.0 Å². The van der Waals surface area contributed by atoms with Crippen molar-refractivity contribution in [2.45, 2.75) is 90.3 Å². The van der Waals surface area contributed by atoms with Crippen LogP contribution in [0.1, 0.15) is 101 Å². The zero-order chi connectivity index (χ0) is 29.4. The van der Waals surface area contributed by atoms with Crippen molar-refractivity contribution in [2.24, 2.45) is 11.8 Å². The summed E-state index contributed by atoms with van der Waals surface area (Å²) in [6.45, 7) is 8.05. The topological polar surface area (TPSA) is 154 Å². The highest BCUT2D eigenvalue weighted by Crippen LogP contribution is 2.32. The van der Waals surface area contributed by atoms with Crippen LogP contribution in [0.4, 0.5) is 4.79 Å². The van der Waals surface area contributed by atoms with Gasteiger partial charge in [0.2, 0.25) is 11.8 Å². The molecule has 2 aliphatic heterocycles. The second kappa shape index (κ2) is 21.0. The molecule has 0 unspecified atom stereocenters. The third-order valence-electron chi connectivity index (χ3n) is 8.19. The number of hydrogen-bond donors (Lipinski definition) is 4. The molecule has 0 radical (unpaired) electrons. The second-order valence-corrected chi connectivity index (χ2v) is 11.5. The van der Waals surface area contributed by atoms with Gasteiger partial charge in [0.25, 0.3) is 0 Å². The second-order valence-electron chi connectivity index (χ2n) is 11.5. The molecule has 258 valence electrons. The highest BCUT2D eigenvalue weighted by Gasteiger charge is 2.35. The van der Waals surface area contributed by atoms with Crippen LogP contribution in [-0.2, 0) is 25.5 Å². The minimum atomic E-state index is -0.686. The summed E-state index contributed by atoms with van der Waals surface area (Å²) in [6.07, 6.45) is 9.02. The number of imidazole rings is 2. The molecule has 4 heterocycles. The maximum absolute atomic E-state index is 13.1. The van der Waals surface area contributed by atoms with Crippen LogP contribution in [-0.4, -0.2) is 75.7 Å². The Morgan fingerprint density at radius 3 is 2.29 bits per heavy atom. The van der Waals surface area contributed by atoms with Crippen LogP contribution < -0.4 is 10.6 Å². The first-order valence-corrected chi connectivity index (χ1v) is 14.9. The quantitative estimate of drug-likeness (QED) is 0.340. The molecule has 2 aliphatic rings. The van der Waals surface area contributed by atoms with Crippen molar-refractivity contribution in [1.82, 2.24) is 35.5 Å². The molecule has 4 N–H and O–H groups in total. The molecule has 3 amide bonds. The van der Waals surface area contributed by atoms with Crippen molar-refractivity contribution in [3.63, 3.8) is 0 Å². The Morgan fingerprint density at radius 1 is 0.956 bits per heavy atom. The summed E-state index contributed by atoms with van der Waals surface area (Å²) in [4.78, 5) is 56.0. The van der Waals surface area contributed by atoms with Crippen molar-refractivity contribution in [3.05, 3.63) is 35.4 Å². The van der Waals surface area contributed by atoms with Crippen molar-refractivity contribution in [2.75, 3.05) is 26.9 Å². The molecule has 16 heteroatoms. The van der Waals surface area contributed by atoms with Gasteiger partial charge in [-0.15, -0.1) is 0 Å². The number of aromatic amines is 2. The number of H-pyrrole nitrogens is 2. The summed E-state index contributed by atoms with van der Waals surface area (Å²) >= 11 is 0.